The van der Waals surface area contributed by atoms with E-state index in [4.69, 9.17) is 11.6 Å². The highest BCUT2D eigenvalue weighted by molar-refractivity contribution is 6.30. The van der Waals surface area contributed by atoms with Gasteiger partial charge in [-0.15, -0.1) is 0 Å². The minimum absolute atomic E-state index is 0.200. The van der Waals surface area contributed by atoms with Gasteiger partial charge >= 0.3 is 0 Å². The maximum atomic E-state index is 12.0. The van der Waals surface area contributed by atoms with Gasteiger partial charge in [-0.05, 0) is 31.3 Å². The number of piperazine rings is 1. The molecule has 1 aliphatic rings. The van der Waals surface area contributed by atoms with Crippen molar-refractivity contribution in [3.63, 3.8) is 0 Å². The molecule has 2 rings (SSSR count). The van der Waals surface area contributed by atoms with Crippen LogP contribution in [0.5, 0.6) is 0 Å². The third kappa shape index (κ3) is 3.80. The van der Waals surface area contributed by atoms with Crippen molar-refractivity contribution in [2.45, 2.75) is 6.42 Å². The van der Waals surface area contributed by atoms with E-state index in [2.05, 4.69) is 16.8 Å². The zero-order valence-electron chi connectivity index (χ0n) is 10.7. The molecular formula is C14H19ClN2O. The van der Waals surface area contributed by atoms with Crippen molar-refractivity contribution >= 4 is 17.4 Å². The van der Waals surface area contributed by atoms with Crippen LogP contribution in [0.1, 0.15) is 16.8 Å². The number of likely N-dealkylation sites (N-methyl/N-ethyl adjacent to an activating group) is 1. The summed E-state index contributed by atoms with van der Waals surface area (Å²) in [6.07, 6.45) is 0.589. The van der Waals surface area contributed by atoms with Gasteiger partial charge in [-0.2, -0.15) is 0 Å². The molecule has 4 heteroatoms. The van der Waals surface area contributed by atoms with Crippen molar-refractivity contribution in [1.82, 2.24) is 9.80 Å². The van der Waals surface area contributed by atoms with Crippen molar-refractivity contribution in [3.8, 4) is 0 Å². The third-order valence-electron chi connectivity index (χ3n) is 3.42. The van der Waals surface area contributed by atoms with Gasteiger partial charge in [-0.3, -0.25) is 4.79 Å². The maximum absolute atomic E-state index is 12.0. The Kier molecular flexibility index (Phi) is 4.75. The highest BCUT2D eigenvalue weighted by atomic mass is 35.5. The predicted molar refractivity (Wildman–Crippen MR) is 74.3 cm³/mol. The lowest BCUT2D eigenvalue weighted by atomic mass is 10.1. The Morgan fingerprint density at radius 3 is 2.39 bits per heavy atom. The molecule has 0 amide bonds. The molecule has 1 aromatic carbocycles. The average Bonchev–Trinajstić information content (AvgIpc) is 2.38. The first-order valence-electron chi connectivity index (χ1n) is 6.35. The van der Waals surface area contributed by atoms with E-state index in [1.165, 1.54) is 0 Å². The van der Waals surface area contributed by atoms with Crippen molar-refractivity contribution < 1.29 is 4.79 Å². The molecule has 0 atom stereocenters. The van der Waals surface area contributed by atoms with Gasteiger partial charge in [-0.25, -0.2) is 0 Å². The Hall–Kier alpha value is -0.900. The van der Waals surface area contributed by atoms with Crippen LogP contribution in [0.2, 0.25) is 5.02 Å². The summed E-state index contributed by atoms with van der Waals surface area (Å²) in [5.74, 6) is 0.200. The molecule has 18 heavy (non-hydrogen) atoms. The van der Waals surface area contributed by atoms with E-state index in [0.29, 0.717) is 11.4 Å². The Bertz CT molecular complexity index is 397. The summed E-state index contributed by atoms with van der Waals surface area (Å²) < 4.78 is 0. The zero-order chi connectivity index (χ0) is 13.0. The fourth-order valence-corrected chi connectivity index (χ4v) is 2.24. The van der Waals surface area contributed by atoms with Gasteiger partial charge in [-0.1, -0.05) is 11.6 Å². The summed E-state index contributed by atoms with van der Waals surface area (Å²) in [6, 6.07) is 7.14. The predicted octanol–water partition coefficient (Wildman–Crippen LogP) is 2.16. The minimum Gasteiger partial charge on any atom is -0.304 e. The number of Topliss-reactive ketones (excluding diaryl/α,β-unsaturated/α-hetero) is 1. The molecule has 1 aromatic rings. The first-order chi connectivity index (χ1) is 8.65. The zero-order valence-corrected chi connectivity index (χ0v) is 11.5. The van der Waals surface area contributed by atoms with Crippen LogP contribution in [-0.2, 0) is 0 Å². The van der Waals surface area contributed by atoms with Crippen LogP contribution >= 0.6 is 11.6 Å². The lowest BCUT2D eigenvalue weighted by Gasteiger charge is -2.32. The highest BCUT2D eigenvalue weighted by Crippen LogP contribution is 2.11. The Morgan fingerprint density at radius 2 is 1.78 bits per heavy atom. The second-order valence-corrected chi connectivity index (χ2v) is 5.26. The smallest absolute Gasteiger partial charge is 0.164 e. The molecule has 1 aliphatic heterocycles. The van der Waals surface area contributed by atoms with Crippen LogP contribution < -0.4 is 0 Å². The molecule has 98 valence electrons. The first-order valence-corrected chi connectivity index (χ1v) is 6.72. The molecule has 0 spiro atoms. The van der Waals surface area contributed by atoms with E-state index in [1.807, 2.05) is 0 Å². The fraction of sp³-hybridized carbons (Fsp3) is 0.500. The number of nitrogens with zero attached hydrogens (tertiary/aromatic N) is 2. The summed E-state index contributed by atoms with van der Waals surface area (Å²) in [4.78, 5) is 16.7. The van der Waals surface area contributed by atoms with Crippen molar-refractivity contribution in [1.29, 1.82) is 0 Å². The van der Waals surface area contributed by atoms with Crippen LogP contribution in [0.25, 0.3) is 0 Å². The number of hydrogen-bond donors (Lipinski definition) is 0. The Labute approximate surface area is 113 Å². The van der Waals surface area contributed by atoms with Gasteiger partial charge in [0.25, 0.3) is 0 Å². The number of benzene rings is 1. The van der Waals surface area contributed by atoms with Gasteiger partial charge < -0.3 is 9.80 Å². The number of carbonyl (C=O) groups excluding carboxylic acids is 1. The third-order valence-corrected chi connectivity index (χ3v) is 3.67. The van der Waals surface area contributed by atoms with Crippen LogP contribution in [0.4, 0.5) is 0 Å². The maximum Gasteiger partial charge on any atom is 0.164 e. The van der Waals surface area contributed by atoms with Gasteiger partial charge in [0.05, 0.1) is 0 Å². The molecule has 0 N–H and O–H groups in total. The van der Waals surface area contributed by atoms with E-state index in [1.54, 1.807) is 24.3 Å². The van der Waals surface area contributed by atoms with Gasteiger partial charge in [0.1, 0.15) is 0 Å². The van der Waals surface area contributed by atoms with E-state index >= 15 is 0 Å². The van der Waals surface area contributed by atoms with E-state index in [-0.39, 0.29) is 5.78 Å². The Balaban J connectivity index is 1.79. The Morgan fingerprint density at radius 1 is 1.17 bits per heavy atom. The summed E-state index contributed by atoms with van der Waals surface area (Å²) in [6.45, 7) is 5.16. The fourth-order valence-electron chi connectivity index (χ4n) is 2.11. The number of rotatable bonds is 4. The van der Waals surface area contributed by atoms with Crippen LogP contribution in [0, 0.1) is 0 Å². The molecule has 1 fully saturated rings. The molecule has 1 heterocycles. The SMILES string of the molecule is CN1CCN(CCC(=O)c2ccc(Cl)cc2)CC1. The average molecular weight is 267 g/mol. The standard InChI is InChI=1S/C14H19ClN2O/c1-16-8-10-17(11-9-16)7-6-14(18)12-2-4-13(15)5-3-12/h2-5H,6-11H2,1H3. The lowest BCUT2D eigenvalue weighted by Crippen LogP contribution is -2.45. The van der Waals surface area contributed by atoms with Crippen molar-refractivity contribution in [2.24, 2.45) is 0 Å². The topological polar surface area (TPSA) is 23.6 Å². The first kappa shape index (κ1) is 13.5. The molecule has 0 aliphatic carbocycles. The number of ketones is 1. The normalized spacial score (nSPS) is 17.9. The highest BCUT2D eigenvalue weighted by Gasteiger charge is 2.15. The lowest BCUT2D eigenvalue weighted by molar-refractivity contribution is 0.0942. The molecule has 0 unspecified atom stereocenters. The second kappa shape index (κ2) is 6.32. The summed E-state index contributed by atoms with van der Waals surface area (Å²) in [7, 11) is 2.14. The summed E-state index contributed by atoms with van der Waals surface area (Å²) in [5.41, 5.74) is 0.758. The van der Waals surface area contributed by atoms with E-state index in [0.717, 1.165) is 38.3 Å². The van der Waals surface area contributed by atoms with Gasteiger partial charge in [0.15, 0.2) is 5.78 Å². The van der Waals surface area contributed by atoms with Crippen molar-refractivity contribution in [3.05, 3.63) is 34.9 Å². The molecule has 1 saturated heterocycles. The van der Waals surface area contributed by atoms with Crippen LogP contribution in [-0.4, -0.2) is 55.4 Å². The molecule has 0 saturated carbocycles. The van der Waals surface area contributed by atoms with E-state index in [9.17, 15) is 4.79 Å². The number of halogens is 1. The van der Waals surface area contributed by atoms with Crippen molar-refractivity contribution in [2.75, 3.05) is 39.8 Å². The molecule has 3 nitrogen and oxygen atoms in total. The molecular weight excluding hydrogens is 248 g/mol. The van der Waals surface area contributed by atoms with Gasteiger partial charge in [0, 0.05) is 49.7 Å². The monoisotopic (exact) mass is 266 g/mol. The number of carbonyl (C=O) groups is 1. The largest absolute Gasteiger partial charge is 0.304 e. The van der Waals surface area contributed by atoms with Crippen LogP contribution in [0.3, 0.4) is 0 Å². The molecule has 0 radical (unpaired) electrons. The quantitative estimate of drug-likeness (QED) is 0.781. The number of hydrogen-bond acceptors (Lipinski definition) is 3. The minimum atomic E-state index is 0.200. The van der Waals surface area contributed by atoms with E-state index < -0.39 is 0 Å². The molecule has 0 bridgehead atoms. The van der Waals surface area contributed by atoms with Gasteiger partial charge in [0.2, 0.25) is 0 Å². The summed E-state index contributed by atoms with van der Waals surface area (Å²) in [5, 5.41) is 0.672. The second-order valence-electron chi connectivity index (χ2n) is 4.82. The summed E-state index contributed by atoms with van der Waals surface area (Å²) >= 11 is 5.80. The van der Waals surface area contributed by atoms with Crippen LogP contribution in [0.15, 0.2) is 24.3 Å². The molecule has 0 aromatic heterocycles.